The van der Waals surface area contributed by atoms with Gasteiger partial charge in [0.15, 0.2) is 0 Å². The maximum Gasteiger partial charge on any atom is 0.338 e. The van der Waals surface area contributed by atoms with Gasteiger partial charge >= 0.3 is 5.97 Å². The van der Waals surface area contributed by atoms with Crippen LogP contribution in [0.5, 0.6) is 0 Å². The Hall–Kier alpha value is -3.49. The first kappa shape index (κ1) is 24.2. The van der Waals surface area contributed by atoms with E-state index in [9.17, 15) is 18.0 Å². The van der Waals surface area contributed by atoms with Gasteiger partial charge in [-0.1, -0.05) is 35.9 Å². The molecule has 0 N–H and O–H groups in total. The molecule has 2 aliphatic rings. The lowest BCUT2D eigenvalue weighted by Crippen LogP contribution is -2.31. The molecule has 0 bridgehead atoms. The molecule has 0 aromatic heterocycles. The third-order valence-electron chi connectivity index (χ3n) is 6.68. The van der Waals surface area contributed by atoms with Gasteiger partial charge in [0.1, 0.15) is 6.61 Å². The highest BCUT2D eigenvalue weighted by Gasteiger charge is 2.36. The smallest absolute Gasteiger partial charge is 0.338 e. The normalized spacial score (nSPS) is 18.3. The highest BCUT2D eigenvalue weighted by molar-refractivity contribution is 7.91. The summed E-state index contributed by atoms with van der Waals surface area (Å²) in [7, 11) is -4.02. The molecule has 0 saturated carbocycles. The molecule has 2 heterocycles. The highest BCUT2D eigenvalue weighted by Crippen LogP contribution is 2.38. The van der Waals surface area contributed by atoms with Crippen molar-refractivity contribution in [1.29, 1.82) is 0 Å². The Bertz CT molecular complexity index is 1460. The Labute approximate surface area is 210 Å². The molecule has 36 heavy (non-hydrogen) atoms. The fraction of sp³-hybridized carbons (Fsp3) is 0.286. The lowest BCUT2D eigenvalue weighted by atomic mass is 10.0. The molecule has 0 radical (unpaired) electrons. The molecule has 2 aliphatic heterocycles. The monoisotopic (exact) mass is 505 g/mol. The summed E-state index contributed by atoms with van der Waals surface area (Å²) in [6, 6.07) is 16.4. The van der Waals surface area contributed by atoms with Crippen LogP contribution in [0.15, 0.2) is 70.5 Å². The Morgan fingerprint density at radius 3 is 2.64 bits per heavy atom. The number of sulfone groups is 1. The second-order valence-corrected chi connectivity index (χ2v) is 11.1. The summed E-state index contributed by atoms with van der Waals surface area (Å²) in [4.78, 5) is 28.0. The summed E-state index contributed by atoms with van der Waals surface area (Å²) in [5.74, 6) is -1.04. The first-order chi connectivity index (χ1) is 17.3. The van der Waals surface area contributed by atoms with Gasteiger partial charge in [-0.2, -0.15) is 0 Å². The number of nitrogens with zero attached hydrogens (tertiary/aromatic N) is 1. The third-order valence-corrected chi connectivity index (χ3v) is 8.54. The van der Waals surface area contributed by atoms with Crippen molar-refractivity contribution in [3.63, 3.8) is 0 Å². The predicted molar refractivity (Wildman–Crippen MR) is 134 cm³/mol. The predicted octanol–water partition coefficient (Wildman–Crippen LogP) is 4.63. The molecule has 1 amide bonds. The van der Waals surface area contributed by atoms with Crippen LogP contribution in [-0.4, -0.2) is 39.6 Å². The molecule has 1 fully saturated rings. The van der Waals surface area contributed by atoms with Crippen LogP contribution in [0.3, 0.4) is 0 Å². The molecule has 0 unspecified atom stereocenters. The maximum atomic E-state index is 13.8. The van der Waals surface area contributed by atoms with Crippen LogP contribution in [0.2, 0.25) is 0 Å². The first-order valence-corrected chi connectivity index (χ1v) is 13.4. The van der Waals surface area contributed by atoms with Gasteiger partial charge in [-0.15, -0.1) is 0 Å². The topological polar surface area (TPSA) is 90.0 Å². The molecular formula is C28H27NO6S. The minimum atomic E-state index is -4.02. The van der Waals surface area contributed by atoms with Crippen molar-refractivity contribution in [2.45, 2.75) is 49.1 Å². The SMILES string of the molecule is Cc1ccc(C)c(CN2C(=O)c3ccccc3S(=O)(=O)c3ccc(C(=O)OC[C@@H]4CCCO4)cc32)c1. The van der Waals surface area contributed by atoms with E-state index in [4.69, 9.17) is 9.47 Å². The number of esters is 1. The zero-order chi connectivity index (χ0) is 25.4. The molecule has 1 saturated heterocycles. The first-order valence-electron chi connectivity index (χ1n) is 11.9. The van der Waals surface area contributed by atoms with E-state index < -0.39 is 21.7 Å². The van der Waals surface area contributed by atoms with Gasteiger partial charge in [-0.3, -0.25) is 4.79 Å². The second-order valence-electron chi connectivity index (χ2n) is 9.24. The van der Waals surface area contributed by atoms with E-state index in [0.29, 0.717) is 6.61 Å². The highest BCUT2D eigenvalue weighted by atomic mass is 32.2. The zero-order valence-corrected chi connectivity index (χ0v) is 21.0. The van der Waals surface area contributed by atoms with Crippen molar-refractivity contribution >= 4 is 27.4 Å². The summed E-state index contributed by atoms with van der Waals surface area (Å²) in [5.41, 5.74) is 3.31. The Morgan fingerprint density at radius 1 is 1.06 bits per heavy atom. The van der Waals surface area contributed by atoms with E-state index in [1.165, 1.54) is 35.2 Å². The number of carbonyl (C=O) groups is 2. The van der Waals surface area contributed by atoms with Gasteiger partial charge in [0, 0.05) is 6.61 Å². The van der Waals surface area contributed by atoms with Gasteiger partial charge in [0.05, 0.1) is 39.3 Å². The Kier molecular flexibility index (Phi) is 6.40. The van der Waals surface area contributed by atoms with Crippen LogP contribution in [0.4, 0.5) is 5.69 Å². The molecule has 5 rings (SSSR count). The van der Waals surface area contributed by atoms with Crippen molar-refractivity contribution < 1.29 is 27.5 Å². The summed E-state index contributed by atoms with van der Waals surface area (Å²) < 4.78 is 38.3. The number of hydrogen-bond donors (Lipinski definition) is 0. The van der Waals surface area contributed by atoms with Gasteiger partial charge in [-0.05, 0) is 68.1 Å². The molecular weight excluding hydrogens is 478 g/mol. The van der Waals surface area contributed by atoms with E-state index in [1.54, 1.807) is 12.1 Å². The molecule has 8 heteroatoms. The number of aryl methyl sites for hydroxylation is 2. The van der Waals surface area contributed by atoms with Gasteiger partial charge in [0.2, 0.25) is 9.84 Å². The van der Waals surface area contributed by atoms with E-state index in [1.807, 2.05) is 32.0 Å². The van der Waals surface area contributed by atoms with Crippen molar-refractivity contribution in [3.8, 4) is 0 Å². The fourth-order valence-electron chi connectivity index (χ4n) is 4.66. The lowest BCUT2D eigenvalue weighted by molar-refractivity contribution is 0.0161. The number of carbonyl (C=O) groups excluding carboxylic acids is 2. The quantitative estimate of drug-likeness (QED) is 0.470. The van der Waals surface area contributed by atoms with Crippen LogP contribution >= 0.6 is 0 Å². The molecule has 3 aromatic carbocycles. The number of benzene rings is 3. The second kappa shape index (κ2) is 9.52. The summed E-state index contributed by atoms with van der Waals surface area (Å²) >= 11 is 0. The van der Waals surface area contributed by atoms with Gasteiger partial charge in [-0.25, -0.2) is 13.2 Å². The summed E-state index contributed by atoms with van der Waals surface area (Å²) in [5, 5.41) is 0. The number of hydrogen-bond acceptors (Lipinski definition) is 6. The molecule has 3 aromatic rings. The summed E-state index contributed by atoms with van der Waals surface area (Å²) in [6.45, 7) is 4.84. The molecule has 186 valence electrons. The standard InChI is InChI=1S/C28H27NO6S/c1-18-9-10-19(2)21(14-18)16-29-24-15-20(28(31)35-17-22-6-5-13-34-22)11-12-26(24)36(32,33)25-8-4-3-7-23(25)27(29)30/h3-4,7-12,14-15,22H,5-6,13,16-17H2,1-2H3/t22-/m0/s1. The van der Waals surface area contributed by atoms with Crippen molar-refractivity contribution in [3.05, 3.63) is 88.5 Å². The van der Waals surface area contributed by atoms with Crippen LogP contribution in [0.25, 0.3) is 0 Å². The molecule has 0 spiro atoms. The van der Waals surface area contributed by atoms with Gasteiger partial charge in [0.25, 0.3) is 5.91 Å². The molecule has 0 aliphatic carbocycles. The molecule has 7 nitrogen and oxygen atoms in total. The number of amides is 1. The number of rotatable bonds is 5. The van der Waals surface area contributed by atoms with Crippen molar-refractivity contribution in [2.75, 3.05) is 18.1 Å². The fourth-order valence-corrected chi connectivity index (χ4v) is 6.29. The van der Waals surface area contributed by atoms with Crippen molar-refractivity contribution in [1.82, 2.24) is 0 Å². The minimum absolute atomic E-state index is 0.0261. The van der Waals surface area contributed by atoms with E-state index >= 15 is 0 Å². The van der Waals surface area contributed by atoms with Crippen LogP contribution in [0.1, 0.15) is 50.2 Å². The average Bonchev–Trinajstić information content (AvgIpc) is 3.39. The summed E-state index contributed by atoms with van der Waals surface area (Å²) in [6.07, 6.45) is 1.62. The number of anilines is 1. The average molecular weight is 506 g/mol. The largest absolute Gasteiger partial charge is 0.459 e. The molecule has 1 atom stereocenters. The van der Waals surface area contributed by atoms with Crippen LogP contribution in [-0.2, 0) is 25.9 Å². The number of ether oxygens (including phenoxy) is 2. The minimum Gasteiger partial charge on any atom is -0.459 e. The Balaban J connectivity index is 1.60. The van der Waals surface area contributed by atoms with Crippen LogP contribution < -0.4 is 4.90 Å². The third kappa shape index (κ3) is 4.42. The lowest BCUT2D eigenvalue weighted by Gasteiger charge is -2.24. The van der Waals surface area contributed by atoms with Crippen molar-refractivity contribution in [2.24, 2.45) is 0 Å². The Morgan fingerprint density at radius 2 is 1.86 bits per heavy atom. The zero-order valence-electron chi connectivity index (χ0n) is 20.2. The van der Waals surface area contributed by atoms with Crippen LogP contribution in [0, 0.1) is 13.8 Å². The number of fused-ring (bicyclic) bond motifs is 2. The van der Waals surface area contributed by atoms with Gasteiger partial charge < -0.3 is 14.4 Å². The van der Waals surface area contributed by atoms with E-state index in [0.717, 1.165) is 29.5 Å². The van der Waals surface area contributed by atoms with E-state index in [2.05, 4.69) is 0 Å². The maximum absolute atomic E-state index is 13.8. The van der Waals surface area contributed by atoms with E-state index in [-0.39, 0.29) is 45.9 Å².